The predicted octanol–water partition coefficient (Wildman–Crippen LogP) is 3.81. The molecule has 1 fully saturated rings. The van der Waals surface area contributed by atoms with E-state index in [0.29, 0.717) is 6.61 Å². The maximum absolute atomic E-state index is 13.6. The quantitative estimate of drug-likeness (QED) is 0.785. The predicted molar refractivity (Wildman–Crippen MR) is 67.3 cm³/mol. The summed E-state index contributed by atoms with van der Waals surface area (Å²) >= 11 is 3.03. The molecule has 0 radical (unpaired) electrons. The molecule has 1 atom stereocenters. The maximum atomic E-state index is 13.6. The fourth-order valence-electron chi connectivity index (χ4n) is 1.93. The Balaban J connectivity index is 1.88. The van der Waals surface area contributed by atoms with E-state index in [-0.39, 0.29) is 22.7 Å². The zero-order valence-electron chi connectivity index (χ0n) is 9.93. The van der Waals surface area contributed by atoms with Crippen LogP contribution < -0.4 is 0 Å². The molecule has 1 aliphatic rings. The van der Waals surface area contributed by atoms with Crippen molar-refractivity contribution in [3.05, 3.63) is 33.8 Å². The molecule has 2 rings (SSSR count). The minimum absolute atomic E-state index is 0.0415. The van der Waals surface area contributed by atoms with Gasteiger partial charge in [-0.2, -0.15) is 0 Å². The van der Waals surface area contributed by atoms with Gasteiger partial charge >= 0.3 is 0 Å². The summed E-state index contributed by atoms with van der Waals surface area (Å²) in [6.07, 6.45) is 3.19. The first-order valence-electron chi connectivity index (χ1n) is 6.00. The van der Waals surface area contributed by atoms with Gasteiger partial charge in [0.1, 0.15) is 11.6 Å². The molecule has 0 aliphatic carbocycles. The van der Waals surface area contributed by atoms with E-state index < -0.39 is 11.6 Å². The Morgan fingerprint density at radius 1 is 1.33 bits per heavy atom. The van der Waals surface area contributed by atoms with Crippen molar-refractivity contribution in [2.45, 2.75) is 32.0 Å². The maximum Gasteiger partial charge on any atom is 0.145 e. The number of hydrogen-bond donors (Lipinski definition) is 0. The summed E-state index contributed by atoms with van der Waals surface area (Å²) in [6, 6.07) is 2.57. The van der Waals surface area contributed by atoms with Crippen molar-refractivity contribution < 1.29 is 18.3 Å². The SMILES string of the molecule is Fc1ccc(Br)c(F)c1COCC1CCCCO1. The lowest BCUT2D eigenvalue weighted by molar-refractivity contribution is -0.0455. The van der Waals surface area contributed by atoms with Crippen molar-refractivity contribution in [3.8, 4) is 0 Å². The molecule has 18 heavy (non-hydrogen) atoms. The Hall–Kier alpha value is -0.520. The Labute approximate surface area is 113 Å². The van der Waals surface area contributed by atoms with Crippen molar-refractivity contribution in [1.29, 1.82) is 0 Å². The number of rotatable bonds is 4. The van der Waals surface area contributed by atoms with E-state index >= 15 is 0 Å². The normalized spacial score (nSPS) is 20.1. The van der Waals surface area contributed by atoms with Crippen LogP contribution in [0.5, 0.6) is 0 Å². The van der Waals surface area contributed by atoms with Gasteiger partial charge in [-0.15, -0.1) is 0 Å². The van der Waals surface area contributed by atoms with Gasteiger partial charge in [0.05, 0.1) is 29.4 Å². The largest absolute Gasteiger partial charge is 0.376 e. The molecule has 0 saturated carbocycles. The molecule has 0 N–H and O–H groups in total. The molecule has 1 aliphatic heterocycles. The summed E-state index contributed by atoms with van der Waals surface area (Å²) in [5.41, 5.74) is -0.0415. The van der Waals surface area contributed by atoms with Crippen LogP contribution in [0.25, 0.3) is 0 Å². The van der Waals surface area contributed by atoms with E-state index in [0.717, 1.165) is 25.9 Å². The highest BCUT2D eigenvalue weighted by atomic mass is 79.9. The average Bonchev–Trinajstić information content (AvgIpc) is 2.39. The smallest absolute Gasteiger partial charge is 0.145 e. The van der Waals surface area contributed by atoms with Gasteiger partial charge < -0.3 is 9.47 Å². The lowest BCUT2D eigenvalue weighted by atomic mass is 10.1. The highest BCUT2D eigenvalue weighted by Crippen LogP contribution is 2.22. The molecule has 0 amide bonds. The van der Waals surface area contributed by atoms with Crippen LogP contribution in [0.3, 0.4) is 0 Å². The zero-order chi connectivity index (χ0) is 13.0. The minimum atomic E-state index is -0.598. The minimum Gasteiger partial charge on any atom is -0.376 e. The summed E-state index contributed by atoms with van der Waals surface area (Å²) in [5.74, 6) is -1.18. The van der Waals surface area contributed by atoms with Crippen molar-refractivity contribution in [3.63, 3.8) is 0 Å². The second-order valence-corrected chi connectivity index (χ2v) is 5.18. The molecule has 1 aromatic carbocycles. The first kappa shape index (κ1) is 13.9. The second kappa shape index (κ2) is 6.59. The highest BCUT2D eigenvalue weighted by Gasteiger charge is 2.16. The van der Waals surface area contributed by atoms with E-state index in [1.807, 2.05) is 0 Å². The van der Waals surface area contributed by atoms with Gasteiger partial charge in [-0.05, 0) is 47.3 Å². The van der Waals surface area contributed by atoms with Crippen molar-refractivity contribution in [1.82, 2.24) is 0 Å². The molecule has 1 unspecified atom stereocenters. The second-order valence-electron chi connectivity index (χ2n) is 4.33. The zero-order valence-corrected chi connectivity index (χ0v) is 11.5. The molecule has 5 heteroatoms. The van der Waals surface area contributed by atoms with Crippen LogP contribution in [0.1, 0.15) is 24.8 Å². The molecular formula is C13H15BrF2O2. The lowest BCUT2D eigenvalue weighted by Crippen LogP contribution is -2.24. The average molecular weight is 321 g/mol. The molecule has 0 aromatic heterocycles. The molecule has 2 nitrogen and oxygen atoms in total. The standard InChI is InChI=1S/C13H15BrF2O2/c14-11-4-5-12(15)10(13(11)16)8-17-7-9-3-1-2-6-18-9/h4-5,9H,1-3,6-8H2. The summed E-state index contributed by atoms with van der Waals surface area (Å²) in [4.78, 5) is 0. The third kappa shape index (κ3) is 3.49. The summed E-state index contributed by atoms with van der Waals surface area (Å²) in [6.45, 7) is 1.05. The van der Waals surface area contributed by atoms with Crippen molar-refractivity contribution in [2.75, 3.05) is 13.2 Å². The van der Waals surface area contributed by atoms with E-state index in [1.54, 1.807) is 0 Å². The van der Waals surface area contributed by atoms with Gasteiger partial charge in [0.2, 0.25) is 0 Å². The van der Waals surface area contributed by atoms with Crippen LogP contribution in [0.4, 0.5) is 8.78 Å². The molecule has 1 saturated heterocycles. The van der Waals surface area contributed by atoms with Crippen LogP contribution in [-0.2, 0) is 16.1 Å². The van der Waals surface area contributed by atoms with E-state index in [9.17, 15) is 8.78 Å². The van der Waals surface area contributed by atoms with Gasteiger partial charge in [-0.25, -0.2) is 8.78 Å². The van der Waals surface area contributed by atoms with Gasteiger partial charge in [-0.3, -0.25) is 0 Å². The van der Waals surface area contributed by atoms with Crippen LogP contribution in [0.2, 0.25) is 0 Å². The molecule has 1 aromatic rings. The number of benzene rings is 1. The third-order valence-electron chi connectivity index (χ3n) is 2.96. The van der Waals surface area contributed by atoms with Crippen LogP contribution in [0, 0.1) is 11.6 Å². The van der Waals surface area contributed by atoms with Gasteiger partial charge in [0.25, 0.3) is 0 Å². The Kier molecular flexibility index (Phi) is 5.09. The molecule has 0 bridgehead atoms. The van der Waals surface area contributed by atoms with Gasteiger partial charge in [-0.1, -0.05) is 0 Å². The Morgan fingerprint density at radius 2 is 2.17 bits per heavy atom. The van der Waals surface area contributed by atoms with E-state index in [2.05, 4.69) is 15.9 Å². The number of hydrogen-bond acceptors (Lipinski definition) is 2. The lowest BCUT2D eigenvalue weighted by Gasteiger charge is -2.22. The Bertz CT molecular complexity index is 406. The van der Waals surface area contributed by atoms with Crippen molar-refractivity contribution >= 4 is 15.9 Å². The fourth-order valence-corrected chi connectivity index (χ4v) is 2.30. The monoisotopic (exact) mass is 320 g/mol. The summed E-state index contributed by atoms with van der Waals surface area (Å²) < 4.78 is 38.1. The third-order valence-corrected chi connectivity index (χ3v) is 3.58. The summed E-state index contributed by atoms with van der Waals surface area (Å²) in [5, 5.41) is 0. The van der Waals surface area contributed by atoms with E-state index in [4.69, 9.17) is 9.47 Å². The van der Waals surface area contributed by atoms with Crippen molar-refractivity contribution in [2.24, 2.45) is 0 Å². The molecule has 1 heterocycles. The molecular weight excluding hydrogens is 306 g/mol. The topological polar surface area (TPSA) is 18.5 Å². The van der Waals surface area contributed by atoms with Crippen LogP contribution >= 0.6 is 15.9 Å². The number of ether oxygens (including phenoxy) is 2. The van der Waals surface area contributed by atoms with Crippen LogP contribution in [-0.4, -0.2) is 19.3 Å². The fraction of sp³-hybridized carbons (Fsp3) is 0.538. The Morgan fingerprint density at radius 3 is 2.89 bits per heavy atom. The van der Waals surface area contributed by atoms with Gasteiger partial charge in [0.15, 0.2) is 0 Å². The first-order valence-corrected chi connectivity index (χ1v) is 6.79. The van der Waals surface area contributed by atoms with Crippen LogP contribution in [0.15, 0.2) is 16.6 Å². The highest BCUT2D eigenvalue weighted by molar-refractivity contribution is 9.10. The van der Waals surface area contributed by atoms with E-state index in [1.165, 1.54) is 12.1 Å². The first-order chi connectivity index (χ1) is 8.68. The molecule has 0 spiro atoms. The number of halogens is 3. The molecule has 100 valence electrons. The van der Waals surface area contributed by atoms with Gasteiger partial charge in [0, 0.05) is 6.61 Å². The summed E-state index contributed by atoms with van der Waals surface area (Å²) in [7, 11) is 0.